The molecule has 3 fully saturated rings. The van der Waals surface area contributed by atoms with Crippen LogP contribution in [0.5, 0.6) is 5.75 Å². The standard InChI is InChI=1S/C32H35F3N2O4/c1-22-31(41-30(39)37(22)27-9-4-3-5-10-27)16-19-36(20-17-31)18-15-29(24-11-13-28(14-12-24)40-23(2)38)25-7-6-8-26(21-25)32(33,34)35/h6-8,11-15,21,27H,1,3-5,9-10,16-20H2,2H3/b29-15+. The fourth-order valence-electron chi connectivity index (χ4n) is 6.16. The molecule has 0 aromatic heterocycles. The molecule has 0 bridgehead atoms. The second-order valence-corrected chi connectivity index (χ2v) is 11.1. The summed E-state index contributed by atoms with van der Waals surface area (Å²) in [6.45, 7) is 7.41. The van der Waals surface area contributed by atoms with E-state index in [1.807, 2.05) is 6.08 Å². The van der Waals surface area contributed by atoms with Crippen molar-refractivity contribution in [3.63, 3.8) is 0 Å². The average molecular weight is 569 g/mol. The monoisotopic (exact) mass is 568 g/mol. The number of amides is 1. The van der Waals surface area contributed by atoms with Crippen LogP contribution in [0, 0.1) is 0 Å². The molecule has 1 aliphatic carbocycles. The van der Waals surface area contributed by atoms with Gasteiger partial charge in [0.2, 0.25) is 0 Å². The van der Waals surface area contributed by atoms with Gasteiger partial charge in [-0.05, 0) is 53.8 Å². The summed E-state index contributed by atoms with van der Waals surface area (Å²) in [5, 5.41) is 0. The first-order chi connectivity index (χ1) is 19.6. The van der Waals surface area contributed by atoms with Crippen LogP contribution >= 0.6 is 0 Å². The van der Waals surface area contributed by atoms with Crippen LogP contribution in [0.4, 0.5) is 18.0 Å². The van der Waals surface area contributed by atoms with E-state index in [2.05, 4.69) is 11.5 Å². The molecule has 1 saturated carbocycles. The number of alkyl halides is 3. The van der Waals surface area contributed by atoms with Crippen LogP contribution in [-0.4, -0.2) is 53.1 Å². The third-order valence-electron chi connectivity index (χ3n) is 8.38. The van der Waals surface area contributed by atoms with Gasteiger partial charge in [0.25, 0.3) is 0 Å². The van der Waals surface area contributed by atoms with Gasteiger partial charge < -0.3 is 9.47 Å². The van der Waals surface area contributed by atoms with Crippen LogP contribution in [0.2, 0.25) is 0 Å². The number of carbonyl (C=O) groups is 2. The zero-order valence-electron chi connectivity index (χ0n) is 23.2. The van der Waals surface area contributed by atoms with Crippen molar-refractivity contribution >= 4 is 17.6 Å². The van der Waals surface area contributed by atoms with E-state index in [0.717, 1.165) is 43.5 Å². The molecule has 5 rings (SSSR count). The summed E-state index contributed by atoms with van der Waals surface area (Å²) < 4.78 is 51.6. The number of carbonyl (C=O) groups excluding carboxylic acids is 2. The summed E-state index contributed by atoms with van der Waals surface area (Å²) in [5.74, 6) is -0.0914. The fraction of sp³-hybridized carbons (Fsp3) is 0.438. The molecular weight excluding hydrogens is 533 g/mol. The van der Waals surface area contributed by atoms with E-state index >= 15 is 0 Å². The van der Waals surface area contributed by atoms with Gasteiger partial charge >= 0.3 is 18.2 Å². The molecule has 2 saturated heterocycles. The van der Waals surface area contributed by atoms with Crippen LogP contribution in [0.3, 0.4) is 0 Å². The highest BCUT2D eigenvalue weighted by Gasteiger charge is 2.52. The largest absolute Gasteiger partial charge is 0.436 e. The van der Waals surface area contributed by atoms with Gasteiger partial charge in [0.05, 0.1) is 11.3 Å². The lowest BCUT2D eigenvalue weighted by molar-refractivity contribution is -0.137. The molecule has 0 N–H and O–H groups in total. The summed E-state index contributed by atoms with van der Waals surface area (Å²) in [7, 11) is 0. The normalized spacial score (nSPS) is 20.4. The van der Waals surface area contributed by atoms with Gasteiger partial charge in [-0.3, -0.25) is 14.6 Å². The summed E-state index contributed by atoms with van der Waals surface area (Å²) in [5.41, 5.74) is 1.14. The van der Waals surface area contributed by atoms with Crippen molar-refractivity contribution in [2.45, 2.75) is 69.7 Å². The molecule has 2 heterocycles. The molecule has 0 radical (unpaired) electrons. The van der Waals surface area contributed by atoms with Crippen molar-refractivity contribution < 1.29 is 32.2 Å². The molecule has 2 aromatic rings. The Hall–Kier alpha value is -3.59. The topological polar surface area (TPSA) is 59.1 Å². The third kappa shape index (κ3) is 6.35. The van der Waals surface area contributed by atoms with Crippen molar-refractivity contribution in [2.24, 2.45) is 0 Å². The van der Waals surface area contributed by atoms with Crippen molar-refractivity contribution in [1.82, 2.24) is 9.80 Å². The molecule has 1 amide bonds. The van der Waals surface area contributed by atoms with Gasteiger partial charge in [-0.2, -0.15) is 13.2 Å². The maximum atomic E-state index is 13.5. The van der Waals surface area contributed by atoms with Gasteiger partial charge in [-0.1, -0.05) is 56.2 Å². The molecule has 0 atom stereocenters. The molecule has 2 aliphatic heterocycles. The summed E-state index contributed by atoms with van der Waals surface area (Å²) >= 11 is 0. The van der Waals surface area contributed by atoms with E-state index in [9.17, 15) is 22.8 Å². The number of benzene rings is 2. The number of ether oxygens (including phenoxy) is 2. The van der Waals surface area contributed by atoms with E-state index < -0.39 is 23.3 Å². The maximum absolute atomic E-state index is 13.5. The van der Waals surface area contributed by atoms with Crippen LogP contribution in [-0.2, 0) is 15.7 Å². The first-order valence-electron chi connectivity index (χ1n) is 14.2. The van der Waals surface area contributed by atoms with Gasteiger partial charge in [-0.15, -0.1) is 0 Å². The highest BCUT2D eigenvalue weighted by molar-refractivity contribution is 5.81. The predicted octanol–water partition coefficient (Wildman–Crippen LogP) is 7.20. The Kier molecular flexibility index (Phi) is 8.27. The number of rotatable bonds is 6. The summed E-state index contributed by atoms with van der Waals surface area (Å²) in [4.78, 5) is 28.2. The molecule has 2 aromatic carbocycles. The Morgan fingerprint density at radius 2 is 1.76 bits per heavy atom. The molecule has 9 heteroatoms. The first kappa shape index (κ1) is 28.9. The lowest BCUT2D eigenvalue weighted by Gasteiger charge is -2.39. The maximum Gasteiger partial charge on any atom is 0.416 e. The Bertz CT molecular complexity index is 1320. The van der Waals surface area contributed by atoms with E-state index in [0.29, 0.717) is 54.9 Å². The van der Waals surface area contributed by atoms with Crippen molar-refractivity contribution in [3.8, 4) is 5.75 Å². The minimum atomic E-state index is -4.46. The molecule has 218 valence electrons. The van der Waals surface area contributed by atoms with E-state index in [4.69, 9.17) is 9.47 Å². The second-order valence-electron chi connectivity index (χ2n) is 11.1. The van der Waals surface area contributed by atoms with Crippen LogP contribution in [0.25, 0.3) is 5.57 Å². The molecule has 3 aliphatic rings. The Morgan fingerprint density at radius 3 is 2.39 bits per heavy atom. The number of likely N-dealkylation sites (tertiary alicyclic amines) is 1. The Labute approximate surface area is 238 Å². The number of nitrogens with zero attached hydrogens (tertiary/aromatic N) is 2. The summed E-state index contributed by atoms with van der Waals surface area (Å²) in [6.07, 6.45) is 3.76. The minimum absolute atomic E-state index is 0.159. The lowest BCUT2D eigenvalue weighted by atomic mass is 9.86. The Balaban J connectivity index is 1.33. The van der Waals surface area contributed by atoms with Crippen molar-refractivity contribution in [3.05, 3.63) is 83.6 Å². The van der Waals surface area contributed by atoms with Gasteiger partial charge in [0.15, 0.2) is 5.60 Å². The quantitative estimate of drug-likeness (QED) is 0.273. The number of esters is 1. The fourth-order valence-corrected chi connectivity index (χ4v) is 6.16. The van der Waals surface area contributed by atoms with E-state index in [1.54, 1.807) is 35.2 Å². The SMILES string of the molecule is C=C1N(C2CCCCC2)C(=O)OC12CCN(C/C=C(\c1ccc(OC(C)=O)cc1)c1cccc(C(F)(F)F)c1)CC2. The number of halogens is 3. The molecule has 0 unspecified atom stereocenters. The van der Waals surface area contributed by atoms with Crippen LogP contribution < -0.4 is 4.74 Å². The first-order valence-corrected chi connectivity index (χ1v) is 14.2. The highest BCUT2D eigenvalue weighted by atomic mass is 19.4. The van der Waals surface area contributed by atoms with Crippen molar-refractivity contribution in [2.75, 3.05) is 19.6 Å². The van der Waals surface area contributed by atoms with Crippen LogP contribution in [0.15, 0.2) is 66.9 Å². The number of hydrogen-bond donors (Lipinski definition) is 0. The summed E-state index contributed by atoms with van der Waals surface area (Å²) in [6, 6.07) is 12.2. The Morgan fingerprint density at radius 1 is 1.07 bits per heavy atom. The zero-order chi connectivity index (χ0) is 29.2. The number of piperidine rings is 1. The zero-order valence-corrected chi connectivity index (χ0v) is 23.2. The molecular formula is C32H35F3N2O4. The second kappa shape index (κ2) is 11.7. The van der Waals surface area contributed by atoms with Crippen molar-refractivity contribution in [1.29, 1.82) is 0 Å². The minimum Gasteiger partial charge on any atom is -0.436 e. The van der Waals surface area contributed by atoms with E-state index in [1.165, 1.54) is 19.4 Å². The predicted molar refractivity (Wildman–Crippen MR) is 149 cm³/mol. The molecule has 1 spiro atoms. The van der Waals surface area contributed by atoms with Gasteiger partial charge in [0.1, 0.15) is 5.75 Å². The van der Waals surface area contributed by atoms with Gasteiger partial charge in [0, 0.05) is 45.4 Å². The lowest BCUT2D eigenvalue weighted by Crippen LogP contribution is -2.46. The third-order valence-corrected chi connectivity index (χ3v) is 8.38. The number of hydrogen-bond acceptors (Lipinski definition) is 5. The van der Waals surface area contributed by atoms with E-state index in [-0.39, 0.29) is 12.1 Å². The highest BCUT2D eigenvalue weighted by Crippen LogP contribution is 2.43. The molecule has 6 nitrogen and oxygen atoms in total. The molecule has 41 heavy (non-hydrogen) atoms. The smallest absolute Gasteiger partial charge is 0.416 e. The van der Waals surface area contributed by atoms with Gasteiger partial charge in [-0.25, -0.2) is 4.79 Å². The van der Waals surface area contributed by atoms with Crippen LogP contribution in [0.1, 0.15) is 68.6 Å². The average Bonchev–Trinajstić information content (AvgIpc) is 3.19.